The van der Waals surface area contributed by atoms with Crippen molar-refractivity contribution in [3.63, 3.8) is 0 Å². The fourth-order valence-electron chi connectivity index (χ4n) is 7.78. The van der Waals surface area contributed by atoms with E-state index in [0.717, 1.165) is 35.5 Å². The third-order valence-electron chi connectivity index (χ3n) is 10.2. The van der Waals surface area contributed by atoms with Gasteiger partial charge in [0.05, 0.1) is 0 Å². The summed E-state index contributed by atoms with van der Waals surface area (Å²) >= 11 is 0. The van der Waals surface area contributed by atoms with Crippen molar-refractivity contribution in [1.29, 1.82) is 10.8 Å². The predicted molar refractivity (Wildman–Crippen MR) is 146 cm³/mol. The van der Waals surface area contributed by atoms with E-state index in [1.54, 1.807) is 0 Å². The normalized spacial score (nSPS) is 23.5. The van der Waals surface area contributed by atoms with E-state index >= 15 is 35.1 Å². The van der Waals surface area contributed by atoms with Crippen molar-refractivity contribution in [2.75, 3.05) is 0 Å². The van der Waals surface area contributed by atoms with E-state index in [2.05, 4.69) is 0 Å². The molecule has 0 aromatic carbocycles. The maximum absolute atomic E-state index is 15.6. The zero-order chi connectivity index (χ0) is 30.8. The average Bonchev–Trinajstić information content (AvgIpc) is 2.99. The highest BCUT2D eigenvalue weighted by atomic mass is 19.4. The monoisotopic (exact) mass is 614 g/mol. The summed E-state index contributed by atoms with van der Waals surface area (Å²) in [5.74, 6) is -29.0. The van der Waals surface area contributed by atoms with Gasteiger partial charge in [-0.3, -0.25) is 10.8 Å². The minimum absolute atomic E-state index is 0.343. The van der Waals surface area contributed by atoms with Crippen LogP contribution in [0.2, 0.25) is 0 Å². The fraction of sp³-hybridized carbons (Fsp3) is 0.933. The molecule has 0 spiro atoms. The molecule has 0 radical (unpaired) electrons. The Labute approximate surface area is 244 Å². The number of hydrogen-bond acceptors (Lipinski definition) is 2. The molecule has 2 N–H and O–H groups in total. The standard InChI is InChI=1S/C30H46F8N4/c31-27(32,25(39)41(21-13-5-1-6-14-21)22-15-7-2-8-16-22)29(35,36)30(37,38)28(33,34)26(40)42(23-17-9-3-10-18-23)24-19-11-4-12-20-24/h21-24,39-40H,1-20H2. The van der Waals surface area contributed by atoms with Gasteiger partial charge in [0.2, 0.25) is 0 Å². The second-order valence-corrected chi connectivity index (χ2v) is 13.0. The molecule has 12 heteroatoms. The maximum atomic E-state index is 15.6. The highest BCUT2D eigenvalue weighted by Crippen LogP contribution is 2.55. The quantitative estimate of drug-likeness (QED) is 0.154. The van der Waals surface area contributed by atoms with Crippen LogP contribution < -0.4 is 0 Å². The van der Waals surface area contributed by atoms with Crippen LogP contribution in [-0.2, 0) is 0 Å². The fourth-order valence-corrected chi connectivity index (χ4v) is 7.78. The van der Waals surface area contributed by atoms with Crippen LogP contribution in [0.25, 0.3) is 0 Å². The van der Waals surface area contributed by atoms with Crippen molar-refractivity contribution >= 4 is 11.7 Å². The number of alkyl halides is 8. The molecule has 4 saturated carbocycles. The lowest BCUT2D eigenvalue weighted by Crippen LogP contribution is -2.71. The van der Waals surface area contributed by atoms with Gasteiger partial charge in [-0.1, -0.05) is 77.0 Å². The Hall–Kier alpha value is -1.62. The molecular weight excluding hydrogens is 568 g/mol. The molecule has 0 saturated heterocycles. The maximum Gasteiger partial charge on any atom is 0.386 e. The minimum atomic E-state index is -6.61. The minimum Gasteiger partial charge on any atom is -0.349 e. The number of amidine groups is 2. The third-order valence-corrected chi connectivity index (χ3v) is 10.2. The van der Waals surface area contributed by atoms with Crippen LogP contribution in [-0.4, -0.2) is 69.3 Å². The first-order chi connectivity index (χ1) is 19.7. The molecule has 4 rings (SSSR count). The van der Waals surface area contributed by atoms with E-state index in [-0.39, 0.29) is 0 Å². The number of nitrogens with zero attached hydrogens (tertiary/aromatic N) is 2. The SMILES string of the molecule is N=C(N(C1CCCCC1)C1CCCCC1)C(F)(F)C(F)(F)C(F)(F)C(F)(F)C(=N)N(C1CCCCC1)C1CCCCC1. The van der Waals surface area contributed by atoms with E-state index < -0.39 is 59.5 Å². The molecule has 0 unspecified atom stereocenters. The van der Waals surface area contributed by atoms with Gasteiger partial charge in [-0.25, -0.2) is 0 Å². The summed E-state index contributed by atoms with van der Waals surface area (Å²) in [6.45, 7) is 0. The van der Waals surface area contributed by atoms with Gasteiger partial charge in [-0.2, -0.15) is 35.1 Å². The number of hydrogen-bond donors (Lipinski definition) is 2. The third kappa shape index (κ3) is 6.15. The summed E-state index contributed by atoms with van der Waals surface area (Å²) in [7, 11) is 0. The molecule has 4 aliphatic rings. The van der Waals surface area contributed by atoms with Gasteiger partial charge in [-0.05, 0) is 51.4 Å². The summed E-state index contributed by atoms with van der Waals surface area (Å²) in [6, 6.07) is -2.85. The Morgan fingerprint density at radius 3 is 0.762 bits per heavy atom. The average molecular weight is 615 g/mol. The first-order valence-electron chi connectivity index (χ1n) is 16.0. The van der Waals surface area contributed by atoms with Crippen LogP contribution in [0.5, 0.6) is 0 Å². The van der Waals surface area contributed by atoms with Gasteiger partial charge >= 0.3 is 23.7 Å². The molecule has 0 bridgehead atoms. The summed E-state index contributed by atoms with van der Waals surface area (Å²) in [6.07, 6.45) is 10.9. The van der Waals surface area contributed by atoms with Crippen LogP contribution in [0.3, 0.4) is 0 Å². The van der Waals surface area contributed by atoms with Crippen molar-refractivity contribution in [2.45, 2.75) is 176 Å². The lowest BCUT2D eigenvalue weighted by molar-refractivity contribution is -0.337. The van der Waals surface area contributed by atoms with E-state index in [0.29, 0.717) is 103 Å². The molecule has 0 aromatic rings. The van der Waals surface area contributed by atoms with Gasteiger partial charge in [0.1, 0.15) is 0 Å². The molecule has 0 aliphatic heterocycles. The molecule has 0 heterocycles. The van der Waals surface area contributed by atoms with Crippen molar-refractivity contribution in [2.24, 2.45) is 0 Å². The number of rotatable bonds is 9. The zero-order valence-electron chi connectivity index (χ0n) is 24.4. The lowest BCUT2D eigenvalue weighted by Gasteiger charge is -2.48. The van der Waals surface area contributed by atoms with Crippen molar-refractivity contribution in [3.05, 3.63) is 0 Å². The van der Waals surface area contributed by atoms with Crippen LogP contribution >= 0.6 is 0 Å². The zero-order valence-corrected chi connectivity index (χ0v) is 24.4. The van der Waals surface area contributed by atoms with Crippen molar-refractivity contribution in [3.8, 4) is 0 Å². The second kappa shape index (κ2) is 13.2. The van der Waals surface area contributed by atoms with E-state index in [9.17, 15) is 0 Å². The molecular formula is C30H46F8N4. The van der Waals surface area contributed by atoms with E-state index in [4.69, 9.17) is 10.8 Å². The van der Waals surface area contributed by atoms with E-state index in [1.807, 2.05) is 0 Å². The lowest BCUT2D eigenvalue weighted by atomic mass is 9.86. The Balaban J connectivity index is 1.65. The Kier molecular flexibility index (Phi) is 10.4. The predicted octanol–water partition coefficient (Wildman–Crippen LogP) is 9.42. The second-order valence-electron chi connectivity index (χ2n) is 13.0. The molecule has 0 aromatic heterocycles. The number of nitrogens with one attached hydrogen (secondary N) is 2. The van der Waals surface area contributed by atoms with Crippen molar-refractivity contribution < 1.29 is 35.1 Å². The Bertz CT molecular complexity index is 808. The van der Waals surface area contributed by atoms with Crippen LogP contribution in [0.1, 0.15) is 128 Å². The molecule has 4 nitrogen and oxygen atoms in total. The Morgan fingerprint density at radius 2 is 0.571 bits per heavy atom. The molecule has 42 heavy (non-hydrogen) atoms. The summed E-state index contributed by atoms with van der Waals surface area (Å²) in [5, 5.41) is 16.5. The largest absolute Gasteiger partial charge is 0.386 e. The molecule has 0 atom stereocenters. The summed E-state index contributed by atoms with van der Waals surface area (Å²) < 4.78 is 124. The van der Waals surface area contributed by atoms with Gasteiger partial charge in [0, 0.05) is 24.2 Å². The smallest absolute Gasteiger partial charge is 0.349 e. The molecule has 4 fully saturated rings. The van der Waals surface area contributed by atoms with Crippen LogP contribution in [0.4, 0.5) is 35.1 Å². The van der Waals surface area contributed by atoms with Crippen LogP contribution in [0, 0.1) is 10.8 Å². The highest BCUT2D eigenvalue weighted by molar-refractivity contribution is 5.90. The van der Waals surface area contributed by atoms with Gasteiger partial charge in [0.25, 0.3) is 0 Å². The van der Waals surface area contributed by atoms with Crippen molar-refractivity contribution in [1.82, 2.24) is 9.80 Å². The topological polar surface area (TPSA) is 54.2 Å². The first-order valence-corrected chi connectivity index (χ1v) is 16.0. The molecule has 4 aliphatic carbocycles. The first kappa shape index (κ1) is 33.3. The highest BCUT2D eigenvalue weighted by Gasteiger charge is 2.83. The van der Waals surface area contributed by atoms with E-state index in [1.165, 1.54) is 0 Å². The number of halogens is 8. The van der Waals surface area contributed by atoms with Crippen LogP contribution in [0.15, 0.2) is 0 Å². The van der Waals surface area contributed by atoms with Gasteiger partial charge in [-0.15, -0.1) is 0 Å². The molecule has 242 valence electrons. The van der Waals surface area contributed by atoms with Gasteiger partial charge in [0.15, 0.2) is 11.7 Å². The summed E-state index contributed by atoms with van der Waals surface area (Å²) in [4.78, 5) is 1.73. The summed E-state index contributed by atoms with van der Waals surface area (Å²) in [5.41, 5.74) is 0. The van der Waals surface area contributed by atoms with Gasteiger partial charge < -0.3 is 9.80 Å². The molecule has 0 amide bonds. The Morgan fingerprint density at radius 1 is 0.381 bits per heavy atom.